The third-order valence-corrected chi connectivity index (χ3v) is 4.65. The Morgan fingerprint density at radius 3 is 2.78 bits per heavy atom. The van der Waals surface area contributed by atoms with Crippen LogP contribution in [-0.4, -0.2) is 47.8 Å². The number of hydrogen-bond donors (Lipinski definition) is 3. The molecule has 0 bridgehead atoms. The average molecular weight is 319 g/mol. The zero-order chi connectivity index (χ0) is 16.7. The summed E-state index contributed by atoms with van der Waals surface area (Å²) < 4.78 is 0. The summed E-state index contributed by atoms with van der Waals surface area (Å²) in [6, 6.07) is 8.77. The van der Waals surface area contributed by atoms with Gasteiger partial charge in [0.1, 0.15) is 0 Å². The number of aliphatic hydroxyl groups excluding tert-OH is 1. The molecule has 1 aromatic carbocycles. The first-order chi connectivity index (χ1) is 11.1. The molecule has 2 rings (SSSR count). The van der Waals surface area contributed by atoms with E-state index in [1.54, 1.807) is 0 Å². The normalized spacial score (nSPS) is 17.2. The van der Waals surface area contributed by atoms with Crippen LogP contribution in [0.15, 0.2) is 24.3 Å². The molecule has 23 heavy (non-hydrogen) atoms. The first-order valence-electron chi connectivity index (χ1n) is 8.60. The van der Waals surface area contributed by atoms with Crippen LogP contribution < -0.4 is 10.6 Å². The summed E-state index contributed by atoms with van der Waals surface area (Å²) in [6.07, 6.45) is 2.50. The van der Waals surface area contributed by atoms with E-state index in [-0.39, 0.29) is 18.7 Å². The number of fused-ring (bicyclic) bond motifs is 1. The number of nitrogens with zero attached hydrogens (tertiary/aromatic N) is 1. The lowest BCUT2D eigenvalue weighted by Crippen LogP contribution is -2.48. The highest BCUT2D eigenvalue weighted by Crippen LogP contribution is 2.19. The maximum atomic E-state index is 12.0. The second-order valence-corrected chi connectivity index (χ2v) is 6.31. The van der Waals surface area contributed by atoms with Crippen LogP contribution in [0.5, 0.6) is 0 Å². The summed E-state index contributed by atoms with van der Waals surface area (Å²) in [6.45, 7) is 6.87. The SMILES string of the molecule is CCC(CCO)NC(=O)NCC(C)N1CCc2ccccc2C1. The average Bonchev–Trinajstić information content (AvgIpc) is 2.58. The van der Waals surface area contributed by atoms with E-state index in [9.17, 15) is 4.79 Å². The molecule has 3 N–H and O–H groups in total. The van der Waals surface area contributed by atoms with Crippen LogP contribution in [-0.2, 0) is 13.0 Å². The molecule has 128 valence electrons. The number of carbonyl (C=O) groups excluding carboxylic acids is 1. The fourth-order valence-corrected chi connectivity index (χ4v) is 3.03. The fraction of sp³-hybridized carbons (Fsp3) is 0.611. The molecule has 0 fully saturated rings. The molecule has 0 saturated heterocycles. The van der Waals surface area contributed by atoms with E-state index in [0.29, 0.717) is 19.0 Å². The number of urea groups is 1. The lowest BCUT2D eigenvalue weighted by atomic mass is 9.99. The summed E-state index contributed by atoms with van der Waals surface area (Å²) in [4.78, 5) is 14.4. The Labute approximate surface area is 139 Å². The highest BCUT2D eigenvalue weighted by atomic mass is 16.3. The van der Waals surface area contributed by atoms with E-state index in [2.05, 4.69) is 46.7 Å². The standard InChI is InChI=1S/C18H29N3O2/c1-3-17(9-11-22)20-18(23)19-12-14(2)21-10-8-15-6-4-5-7-16(15)13-21/h4-7,14,17,22H,3,8-13H2,1-2H3,(H2,19,20,23). The first-order valence-corrected chi connectivity index (χ1v) is 8.60. The minimum absolute atomic E-state index is 0.0390. The fourth-order valence-electron chi connectivity index (χ4n) is 3.03. The van der Waals surface area contributed by atoms with Gasteiger partial charge in [-0.25, -0.2) is 4.79 Å². The minimum atomic E-state index is -0.144. The number of aliphatic hydroxyl groups is 1. The molecule has 1 aliphatic heterocycles. The second kappa shape index (κ2) is 8.89. The number of nitrogens with one attached hydrogen (secondary N) is 2. The molecule has 0 spiro atoms. The van der Waals surface area contributed by atoms with Gasteiger partial charge >= 0.3 is 6.03 Å². The van der Waals surface area contributed by atoms with Gasteiger partial charge in [-0.3, -0.25) is 4.90 Å². The molecule has 0 aliphatic carbocycles. The molecular formula is C18H29N3O2. The van der Waals surface area contributed by atoms with Gasteiger partial charge in [0, 0.05) is 38.3 Å². The van der Waals surface area contributed by atoms with Crippen LogP contribution >= 0.6 is 0 Å². The smallest absolute Gasteiger partial charge is 0.315 e. The van der Waals surface area contributed by atoms with Gasteiger partial charge in [0.05, 0.1) is 0 Å². The molecule has 0 saturated carbocycles. The van der Waals surface area contributed by atoms with Gasteiger partial charge in [-0.1, -0.05) is 31.2 Å². The predicted molar refractivity (Wildman–Crippen MR) is 92.3 cm³/mol. The molecule has 0 aromatic heterocycles. The van der Waals surface area contributed by atoms with Gasteiger partial charge in [0.15, 0.2) is 0 Å². The molecule has 0 radical (unpaired) electrons. The van der Waals surface area contributed by atoms with Crippen molar-refractivity contribution in [3.63, 3.8) is 0 Å². The first kappa shape index (κ1) is 17.8. The molecule has 5 heteroatoms. The third-order valence-electron chi connectivity index (χ3n) is 4.65. The Bertz CT molecular complexity index is 507. The highest BCUT2D eigenvalue weighted by Gasteiger charge is 2.20. The van der Waals surface area contributed by atoms with Crippen molar-refractivity contribution in [2.75, 3.05) is 19.7 Å². The minimum Gasteiger partial charge on any atom is -0.396 e. The Kier molecular flexibility index (Phi) is 6.86. The Morgan fingerprint density at radius 1 is 1.35 bits per heavy atom. The van der Waals surface area contributed by atoms with Gasteiger partial charge in [0.2, 0.25) is 0 Å². The van der Waals surface area contributed by atoms with Crippen molar-refractivity contribution in [2.24, 2.45) is 0 Å². The van der Waals surface area contributed by atoms with E-state index >= 15 is 0 Å². The summed E-state index contributed by atoms with van der Waals surface area (Å²) in [5.74, 6) is 0. The van der Waals surface area contributed by atoms with E-state index in [4.69, 9.17) is 5.11 Å². The summed E-state index contributed by atoms with van der Waals surface area (Å²) in [7, 11) is 0. The van der Waals surface area contributed by atoms with Crippen molar-refractivity contribution in [3.05, 3.63) is 35.4 Å². The van der Waals surface area contributed by atoms with Crippen LogP contribution in [0.4, 0.5) is 4.79 Å². The number of hydrogen-bond acceptors (Lipinski definition) is 3. The number of benzene rings is 1. The van der Waals surface area contributed by atoms with Crippen molar-refractivity contribution < 1.29 is 9.90 Å². The number of carbonyl (C=O) groups is 1. The van der Waals surface area contributed by atoms with Crippen LogP contribution in [0.25, 0.3) is 0 Å². The zero-order valence-electron chi connectivity index (χ0n) is 14.2. The summed E-state index contributed by atoms with van der Waals surface area (Å²) in [5.41, 5.74) is 2.83. The quantitative estimate of drug-likeness (QED) is 0.719. The number of amides is 2. The molecule has 1 heterocycles. The largest absolute Gasteiger partial charge is 0.396 e. The van der Waals surface area contributed by atoms with Crippen molar-refractivity contribution in [3.8, 4) is 0 Å². The maximum absolute atomic E-state index is 12.0. The second-order valence-electron chi connectivity index (χ2n) is 6.31. The van der Waals surface area contributed by atoms with E-state index in [1.807, 2.05) is 6.92 Å². The van der Waals surface area contributed by atoms with Crippen LogP contribution in [0.2, 0.25) is 0 Å². The lowest BCUT2D eigenvalue weighted by Gasteiger charge is -2.33. The van der Waals surface area contributed by atoms with E-state index in [0.717, 1.165) is 25.9 Å². The molecule has 2 unspecified atom stereocenters. The molecule has 1 aliphatic rings. The lowest BCUT2D eigenvalue weighted by molar-refractivity contribution is 0.183. The van der Waals surface area contributed by atoms with Gasteiger partial charge in [-0.15, -0.1) is 0 Å². The van der Waals surface area contributed by atoms with E-state index in [1.165, 1.54) is 11.1 Å². The van der Waals surface area contributed by atoms with Gasteiger partial charge in [-0.05, 0) is 37.3 Å². The summed E-state index contributed by atoms with van der Waals surface area (Å²) >= 11 is 0. The molecule has 5 nitrogen and oxygen atoms in total. The predicted octanol–water partition coefficient (Wildman–Crippen LogP) is 1.89. The van der Waals surface area contributed by atoms with Crippen LogP contribution in [0.1, 0.15) is 37.8 Å². The van der Waals surface area contributed by atoms with Gasteiger partial charge in [0.25, 0.3) is 0 Å². The Hall–Kier alpha value is -1.59. The highest BCUT2D eigenvalue weighted by molar-refractivity contribution is 5.74. The Balaban J connectivity index is 1.77. The maximum Gasteiger partial charge on any atom is 0.315 e. The van der Waals surface area contributed by atoms with Crippen molar-refractivity contribution in [2.45, 2.75) is 51.7 Å². The van der Waals surface area contributed by atoms with Crippen LogP contribution in [0.3, 0.4) is 0 Å². The van der Waals surface area contributed by atoms with Gasteiger partial charge in [-0.2, -0.15) is 0 Å². The number of rotatable bonds is 7. The molecule has 2 amide bonds. The Morgan fingerprint density at radius 2 is 2.09 bits per heavy atom. The van der Waals surface area contributed by atoms with Crippen molar-refractivity contribution in [1.29, 1.82) is 0 Å². The monoisotopic (exact) mass is 319 g/mol. The van der Waals surface area contributed by atoms with Gasteiger partial charge < -0.3 is 15.7 Å². The third kappa shape index (κ3) is 5.22. The van der Waals surface area contributed by atoms with Crippen molar-refractivity contribution >= 4 is 6.03 Å². The topological polar surface area (TPSA) is 64.6 Å². The van der Waals surface area contributed by atoms with Crippen LogP contribution in [0, 0.1) is 0 Å². The van der Waals surface area contributed by atoms with Crippen molar-refractivity contribution in [1.82, 2.24) is 15.5 Å². The molecular weight excluding hydrogens is 290 g/mol. The molecule has 1 aromatic rings. The zero-order valence-corrected chi connectivity index (χ0v) is 14.2. The molecule has 2 atom stereocenters. The van der Waals surface area contributed by atoms with E-state index < -0.39 is 0 Å². The summed E-state index contributed by atoms with van der Waals surface area (Å²) in [5, 5.41) is 14.8.